The number of hydrogen-bond donors (Lipinski definition) is 1. The van der Waals surface area contributed by atoms with Gasteiger partial charge in [0.25, 0.3) is 0 Å². The van der Waals surface area contributed by atoms with E-state index in [1.807, 2.05) is 0 Å². The lowest BCUT2D eigenvalue weighted by Crippen LogP contribution is -2.44. The zero-order valence-electron chi connectivity index (χ0n) is 14.0. The van der Waals surface area contributed by atoms with E-state index in [9.17, 15) is 13.2 Å². The van der Waals surface area contributed by atoms with E-state index in [0.29, 0.717) is 13.1 Å². The molecule has 0 aromatic heterocycles. The number of nitrogens with one attached hydrogen (secondary N) is 1. The van der Waals surface area contributed by atoms with Crippen LogP contribution in [0.1, 0.15) is 6.92 Å². The highest BCUT2D eigenvalue weighted by Gasteiger charge is 2.16. The van der Waals surface area contributed by atoms with Crippen LogP contribution in [-0.2, 0) is 19.6 Å². The number of rotatable bonds is 8. The Balaban J connectivity index is 1.79. The number of hydrogen-bond acceptors (Lipinski definition) is 5. The minimum absolute atomic E-state index is 0.0535. The molecule has 1 aromatic rings. The minimum Gasteiger partial charge on any atom is -0.379 e. The van der Waals surface area contributed by atoms with Gasteiger partial charge >= 0.3 is 0 Å². The van der Waals surface area contributed by atoms with Crippen molar-refractivity contribution in [3.05, 3.63) is 30.3 Å². The fourth-order valence-corrected chi connectivity index (χ4v) is 3.55. The number of amides is 1. The number of nitrogens with zero attached hydrogens (tertiary/aromatic N) is 2. The summed E-state index contributed by atoms with van der Waals surface area (Å²) in [4.78, 5) is 15.9. The molecule has 24 heavy (non-hydrogen) atoms. The Kier molecular flexibility index (Phi) is 7.16. The molecule has 0 bridgehead atoms. The van der Waals surface area contributed by atoms with E-state index in [1.165, 1.54) is 6.92 Å². The van der Waals surface area contributed by atoms with Crippen molar-refractivity contribution in [3.8, 4) is 0 Å². The Labute approximate surface area is 143 Å². The summed E-state index contributed by atoms with van der Waals surface area (Å²) in [5, 5.41) is 0. The quantitative estimate of drug-likeness (QED) is 0.718. The van der Waals surface area contributed by atoms with Gasteiger partial charge in [0, 0.05) is 46.2 Å². The maximum atomic E-state index is 12.2. The molecule has 7 nitrogen and oxygen atoms in total. The Morgan fingerprint density at radius 2 is 1.88 bits per heavy atom. The molecule has 8 heteroatoms. The van der Waals surface area contributed by atoms with Gasteiger partial charge in [0.15, 0.2) is 0 Å². The number of carbonyl (C=O) groups excluding carboxylic acids is 1. The molecule has 1 N–H and O–H groups in total. The van der Waals surface area contributed by atoms with Crippen molar-refractivity contribution in [2.45, 2.75) is 11.8 Å². The molecule has 0 aliphatic carbocycles. The zero-order valence-corrected chi connectivity index (χ0v) is 14.8. The maximum Gasteiger partial charge on any atom is 0.240 e. The van der Waals surface area contributed by atoms with Crippen LogP contribution in [0.2, 0.25) is 0 Å². The molecule has 1 aromatic carbocycles. The van der Waals surface area contributed by atoms with Gasteiger partial charge in [0.2, 0.25) is 15.9 Å². The summed E-state index contributed by atoms with van der Waals surface area (Å²) in [6.45, 7) is 6.58. The van der Waals surface area contributed by atoms with Gasteiger partial charge < -0.3 is 9.64 Å². The van der Waals surface area contributed by atoms with Crippen LogP contribution in [0.3, 0.4) is 0 Å². The second kappa shape index (κ2) is 9.12. The number of morpholine rings is 1. The van der Waals surface area contributed by atoms with Crippen LogP contribution in [0.4, 0.5) is 0 Å². The maximum absolute atomic E-state index is 12.2. The highest BCUT2D eigenvalue weighted by molar-refractivity contribution is 7.89. The first kappa shape index (κ1) is 18.9. The Bertz CT molecular complexity index is 615. The van der Waals surface area contributed by atoms with E-state index < -0.39 is 10.0 Å². The van der Waals surface area contributed by atoms with Crippen molar-refractivity contribution in [1.82, 2.24) is 14.5 Å². The molecule has 1 aliphatic heterocycles. The fourth-order valence-electron chi connectivity index (χ4n) is 2.51. The van der Waals surface area contributed by atoms with Crippen LogP contribution >= 0.6 is 0 Å². The average Bonchev–Trinajstić information content (AvgIpc) is 2.59. The van der Waals surface area contributed by atoms with Gasteiger partial charge in [-0.2, -0.15) is 0 Å². The molecule has 1 amide bonds. The highest BCUT2D eigenvalue weighted by Crippen LogP contribution is 2.06. The van der Waals surface area contributed by atoms with Crippen molar-refractivity contribution in [2.24, 2.45) is 0 Å². The molecule has 0 spiro atoms. The van der Waals surface area contributed by atoms with Crippen LogP contribution in [0.5, 0.6) is 0 Å². The number of ether oxygens (including phenoxy) is 1. The van der Waals surface area contributed by atoms with Crippen LogP contribution in [0.25, 0.3) is 0 Å². The lowest BCUT2D eigenvalue weighted by molar-refractivity contribution is -0.129. The largest absolute Gasteiger partial charge is 0.379 e. The van der Waals surface area contributed by atoms with Gasteiger partial charge in [-0.05, 0) is 12.1 Å². The summed E-state index contributed by atoms with van der Waals surface area (Å²) in [7, 11) is -3.53. The molecular weight excluding hydrogens is 330 g/mol. The molecule has 0 radical (unpaired) electrons. The van der Waals surface area contributed by atoms with E-state index in [-0.39, 0.29) is 17.3 Å². The second-order valence-corrected chi connectivity index (χ2v) is 7.44. The van der Waals surface area contributed by atoms with Gasteiger partial charge in [-0.25, -0.2) is 13.1 Å². The first-order valence-electron chi connectivity index (χ1n) is 8.09. The van der Waals surface area contributed by atoms with Crippen molar-refractivity contribution in [1.29, 1.82) is 0 Å². The summed E-state index contributed by atoms with van der Waals surface area (Å²) in [5.41, 5.74) is 0. The van der Waals surface area contributed by atoms with E-state index in [4.69, 9.17) is 4.74 Å². The molecule has 0 saturated carbocycles. The average molecular weight is 355 g/mol. The van der Waals surface area contributed by atoms with E-state index in [1.54, 1.807) is 35.2 Å². The standard InChI is InChI=1S/C16H25N3O4S/c1-15(20)19(10-9-18-11-13-23-14-12-18)8-7-17-24(21,22)16-5-3-2-4-6-16/h2-6,17H,7-14H2,1H3. The number of benzene rings is 1. The Morgan fingerprint density at radius 1 is 1.21 bits per heavy atom. The van der Waals surface area contributed by atoms with Crippen molar-refractivity contribution in [2.75, 3.05) is 52.5 Å². The molecule has 1 heterocycles. The second-order valence-electron chi connectivity index (χ2n) is 5.67. The Hall–Kier alpha value is -1.48. The first-order chi connectivity index (χ1) is 11.5. The Morgan fingerprint density at radius 3 is 2.50 bits per heavy atom. The highest BCUT2D eigenvalue weighted by atomic mass is 32.2. The van der Waals surface area contributed by atoms with Gasteiger partial charge in [-0.15, -0.1) is 0 Å². The van der Waals surface area contributed by atoms with E-state index in [0.717, 1.165) is 32.8 Å². The summed E-state index contributed by atoms with van der Waals surface area (Å²) < 4.78 is 32.1. The molecule has 1 aliphatic rings. The topological polar surface area (TPSA) is 79.0 Å². The van der Waals surface area contributed by atoms with Crippen LogP contribution in [0, 0.1) is 0 Å². The summed E-state index contributed by atoms with van der Waals surface area (Å²) in [6, 6.07) is 8.21. The summed E-state index contributed by atoms with van der Waals surface area (Å²) in [5.74, 6) is -0.0535. The SMILES string of the molecule is CC(=O)N(CCNS(=O)(=O)c1ccccc1)CCN1CCOCC1. The lowest BCUT2D eigenvalue weighted by Gasteiger charge is -2.29. The van der Waals surface area contributed by atoms with Crippen molar-refractivity contribution >= 4 is 15.9 Å². The third-order valence-electron chi connectivity index (χ3n) is 3.96. The predicted molar refractivity (Wildman–Crippen MR) is 91.1 cm³/mol. The normalized spacial score (nSPS) is 16.0. The molecule has 134 valence electrons. The van der Waals surface area contributed by atoms with Crippen molar-refractivity contribution < 1.29 is 17.9 Å². The van der Waals surface area contributed by atoms with Crippen molar-refractivity contribution in [3.63, 3.8) is 0 Å². The van der Waals surface area contributed by atoms with Gasteiger partial charge in [0.1, 0.15) is 0 Å². The lowest BCUT2D eigenvalue weighted by atomic mass is 10.3. The number of carbonyl (C=O) groups is 1. The van der Waals surface area contributed by atoms with Crippen LogP contribution < -0.4 is 4.72 Å². The molecule has 2 rings (SSSR count). The predicted octanol–water partition coefficient (Wildman–Crippen LogP) is 0.146. The third kappa shape index (κ3) is 5.86. The molecule has 1 fully saturated rings. The molecule has 0 unspecified atom stereocenters. The third-order valence-corrected chi connectivity index (χ3v) is 5.44. The van der Waals surface area contributed by atoms with Gasteiger partial charge in [0.05, 0.1) is 18.1 Å². The van der Waals surface area contributed by atoms with Crippen LogP contribution in [0.15, 0.2) is 35.2 Å². The van der Waals surface area contributed by atoms with Gasteiger partial charge in [-0.3, -0.25) is 9.69 Å². The smallest absolute Gasteiger partial charge is 0.240 e. The monoisotopic (exact) mass is 355 g/mol. The molecule has 0 atom stereocenters. The minimum atomic E-state index is -3.53. The zero-order chi connectivity index (χ0) is 17.4. The van der Waals surface area contributed by atoms with E-state index >= 15 is 0 Å². The first-order valence-corrected chi connectivity index (χ1v) is 9.58. The molecular formula is C16H25N3O4S. The van der Waals surface area contributed by atoms with Crippen LogP contribution in [-0.4, -0.2) is 76.6 Å². The molecule has 1 saturated heterocycles. The summed E-state index contributed by atoms with van der Waals surface area (Å²) >= 11 is 0. The van der Waals surface area contributed by atoms with E-state index in [2.05, 4.69) is 9.62 Å². The number of sulfonamides is 1. The fraction of sp³-hybridized carbons (Fsp3) is 0.562. The van der Waals surface area contributed by atoms with Gasteiger partial charge in [-0.1, -0.05) is 18.2 Å². The summed E-state index contributed by atoms with van der Waals surface area (Å²) in [6.07, 6.45) is 0.